The number of aryl methyl sites for hydroxylation is 1. The minimum absolute atomic E-state index is 0.279. The number of aliphatic carboxylic acids is 1. The van der Waals surface area contributed by atoms with Gasteiger partial charge in [-0.05, 0) is 37.5 Å². The Kier molecular flexibility index (Phi) is 6.77. The maximum Gasteiger partial charge on any atom is 0.341 e. The molecule has 1 aliphatic carbocycles. The van der Waals surface area contributed by atoms with E-state index in [0.717, 1.165) is 23.3 Å². The Labute approximate surface area is 179 Å². The first-order valence-corrected chi connectivity index (χ1v) is 10.6. The number of thiophene rings is 1. The van der Waals surface area contributed by atoms with Gasteiger partial charge in [-0.25, -0.2) is 4.79 Å². The summed E-state index contributed by atoms with van der Waals surface area (Å²) < 4.78 is 10.2. The predicted molar refractivity (Wildman–Crippen MR) is 114 cm³/mol. The van der Waals surface area contributed by atoms with Gasteiger partial charge in [-0.2, -0.15) is 0 Å². The van der Waals surface area contributed by atoms with Gasteiger partial charge in [0.15, 0.2) is 0 Å². The highest BCUT2D eigenvalue weighted by Crippen LogP contribution is 2.41. The molecule has 1 fully saturated rings. The third-order valence-electron chi connectivity index (χ3n) is 5.51. The number of methoxy groups -OCH3 is 2. The van der Waals surface area contributed by atoms with Crippen LogP contribution in [0.15, 0.2) is 24.3 Å². The molecule has 1 aliphatic rings. The zero-order valence-electron chi connectivity index (χ0n) is 17.2. The molecule has 0 radical (unpaired) electrons. The van der Waals surface area contributed by atoms with E-state index in [-0.39, 0.29) is 11.5 Å². The lowest BCUT2D eigenvalue weighted by molar-refractivity contribution is -0.147. The van der Waals surface area contributed by atoms with Gasteiger partial charge in [0.05, 0.1) is 26.1 Å². The number of benzene rings is 1. The molecule has 2 aromatic rings. The molecular weight excluding hydrogens is 406 g/mol. The quantitative estimate of drug-likeness (QED) is 0.660. The summed E-state index contributed by atoms with van der Waals surface area (Å²) in [6.07, 6.45) is 2.62. The van der Waals surface area contributed by atoms with Crippen LogP contribution in [0.2, 0.25) is 0 Å². The topological polar surface area (TPSA) is 102 Å². The monoisotopic (exact) mass is 431 g/mol. The minimum atomic E-state index is -0.954. The number of carbonyl (C=O) groups excluding carboxylic acids is 2. The highest BCUT2D eigenvalue weighted by molar-refractivity contribution is 7.17. The number of carbonyl (C=O) groups is 3. The smallest absolute Gasteiger partial charge is 0.341 e. The standard InChI is InChI=1S/C22H25NO6S/c1-12-17(13-8-10-14(28-2)11-9-13)18(22(27)29-3)20(30-12)23-19(24)15-6-4-5-7-16(15)21(25)26/h8-11,15-16H,4-7H2,1-3H3,(H,23,24)(H,25,26)/t15-,16+/m0/s1. The van der Waals surface area contributed by atoms with Gasteiger partial charge < -0.3 is 19.9 Å². The average Bonchev–Trinajstić information content (AvgIpc) is 3.08. The Morgan fingerprint density at radius 3 is 2.27 bits per heavy atom. The lowest BCUT2D eigenvalue weighted by atomic mass is 9.78. The second-order valence-electron chi connectivity index (χ2n) is 7.28. The van der Waals surface area contributed by atoms with Gasteiger partial charge in [-0.15, -0.1) is 11.3 Å². The second kappa shape index (κ2) is 9.30. The highest BCUT2D eigenvalue weighted by Gasteiger charge is 2.36. The Balaban J connectivity index is 1.97. The summed E-state index contributed by atoms with van der Waals surface area (Å²) in [6.45, 7) is 1.87. The molecule has 0 bridgehead atoms. The predicted octanol–water partition coefficient (Wildman–Crippen LogP) is 4.35. The van der Waals surface area contributed by atoms with Crippen molar-refractivity contribution < 1.29 is 29.0 Å². The van der Waals surface area contributed by atoms with Crippen LogP contribution in [0, 0.1) is 18.8 Å². The molecule has 0 saturated heterocycles. The van der Waals surface area contributed by atoms with Crippen LogP contribution in [0.1, 0.15) is 40.9 Å². The SMILES string of the molecule is COC(=O)c1c(NC(=O)[C@H]2CCCC[C@H]2C(=O)O)sc(C)c1-c1ccc(OC)cc1. The van der Waals surface area contributed by atoms with E-state index in [9.17, 15) is 19.5 Å². The number of amides is 1. The third-order valence-corrected chi connectivity index (χ3v) is 6.53. The number of carboxylic acid groups (broad SMARTS) is 1. The van der Waals surface area contributed by atoms with Gasteiger partial charge in [0.1, 0.15) is 16.3 Å². The van der Waals surface area contributed by atoms with Crippen molar-refractivity contribution in [1.29, 1.82) is 0 Å². The summed E-state index contributed by atoms with van der Waals surface area (Å²) in [5, 5.41) is 12.7. The van der Waals surface area contributed by atoms with Crippen molar-refractivity contribution in [2.24, 2.45) is 11.8 Å². The van der Waals surface area contributed by atoms with Crippen molar-refractivity contribution in [2.75, 3.05) is 19.5 Å². The van der Waals surface area contributed by atoms with Crippen molar-refractivity contribution in [3.05, 3.63) is 34.7 Å². The van der Waals surface area contributed by atoms with Crippen LogP contribution in [0.25, 0.3) is 11.1 Å². The zero-order valence-corrected chi connectivity index (χ0v) is 18.0. The zero-order chi connectivity index (χ0) is 21.8. The Hall–Kier alpha value is -2.87. The fraction of sp³-hybridized carbons (Fsp3) is 0.409. The summed E-state index contributed by atoms with van der Waals surface area (Å²) in [5.41, 5.74) is 1.76. The molecule has 3 rings (SSSR count). The molecule has 1 aromatic heterocycles. The fourth-order valence-corrected chi connectivity index (χ4v) is 5.05. The first-order chi connectivity index (χ1) is 14.4. The largest absolute Gasteiger partial charge is 0.497 e. The Morgan fingerprint density at radius 2 is 1.70 bits per heavy atom. The maximum absolute atomic E-state index is 12.9. The Bertz CT molecular complexity index is 949. The molecule has 7 nitrogen and oxygen atoms in total. The molecule has 1 aromatic carbocycles. The Morgan fingerprint density at radius 1 is 1.07 bits per heavy atom. The summed E-state index contributed by atoms with van der Waals surface area (Å²) in [5.74, 6) is -2.51. The van der Waals surface area contributed by atoms with Gasteiger partial charge in [-0.1, -0.05) is 25.0 Å². The normalized spacial score (nSPS) is 18.5. The average molecular weight is 432 g/mol. The van der Waals surface area contributed by atoms with E-state index in [0.29, 0.717) is 29.2 Å². The van der Waals surface area contributed by atoms with Gasteiger partial charge in [0, 0.05) is 10.4 Å². The van der Waals surface area contributed by atoms with Crippen molar-refractivity contribution in [2.45, 2.75) is 32.6 Å². The second-order valence-corrected chi connectivity index (χ2v) is 8.51. The van der Waals surface area contributed by atoms with Crippen LogP contribution in [0.5, 0.6) is 5.75 Å². The van der Waals surface area contributed by atoms with Crippen LogP contribution < -0.4 is 10.1 Å². The van der Waals surface area contributed by atoms with Crippen LogP contribution in [-0.2, 0) is 14.3 Å². The first-order valence-electron chi connectivity index (χ1n) is 9.77. The fourth-order valence-electron chi connectivity index (χ4n) is 3.98. The van der Waals surface area contributed by atoms with Crippen molar-refractivity contribution in [3.63, 3.8) is 0 Å². The molecule has 2 atom stereocenters. The number of rotatable bonds is 6. The first kappa shape index (κ1) is 21.8. The number of nitrogens with one attached hydrogen (secondary N) is 1. The van der Waals surface area contributed by atoms with Crippen molar-refractivity contribution in [1.82, 2.24) is 0 Å². The van der Waals surface area contributed by atoms with Crippen LogP contribution in [0.4, 0.5) is 5.00 Å². The number of hydrogen-bond donors (Lipinski definition) is 2. The van der Waals surface area contributed by atoms with E-state index >= 15 is 0 Å². The summed E-state index contributed by atoms with van der Waals surface area (Å²) >= 11 is 1.28. The molecule has 0 aliphatic heterocycles. The molecule has 2 N–H and O–H groups in total. The molecule has 0 unspecified atom stereocenters. The minimum Gasteiger partial charge on any atom is -0.497 e. The third kappa shape index (κ3) is 4.33. The molecule has 1 amide bonds. The van der Waals surface area contributed by atoms with E-state index in [1.807, 2.05) is 19.1 Å². The lowest BCUT2D eigenvalue weighted by Gasteiger charge is -2.27. The molecule has 8 heteroatoms. The van der Waals surface area contributed by atoms with Crippen LogP contribution in [-0.4, -0.2) is 37.2 Å². The molecular formula is C22H25NO6S. The van der Waals surface area contributed by atoms with Gasteiger partial charge in [-0.3, -0.25) is 9.59 Å². The van der Waals surface area contributed by atoms with Crippen LogP contribution in [0.3, 0.4) is 0 Å². The lowest BCUT2D eigenvalue weighted by Crippen LogP contribution is -2.36. The van der Waals surface area contributed by atoms with Crippen molar-refractivity contribution in [3.8, 4) is 16.9 Å². The number of hydrogen-bond acceptors (Lipinski definition) is 6. The van der Waals surface area contributed by atoms with Crippen molar-refractivity contribution >= 4 is 34.2 Å². The van der Waals surface area contributed by atoms with Crippen LogP contribution >= 0.6 is 11.3 Å². The summed E-state index contributed by atoms with van der Waals surface area (Å²) in [4.78, 5) is 38.0. The van der Waals surface area contributed by atoms with E-state index in [1.54, 1.807) is 19.2 Å². The van der Waals surface area contributed by atoms with Gasteiger partial charge >= 0.3 is 11.9 Å². The number of anilines is 1. The van der Waals surface area contributed by atoms with E-state index < -0.39 is 23.8 Å². The van der Waals surface area contributed by atoms with Gasteiger partial charge in [0.2, 0.25) is 5.91 Å². The summed E-state index contributed by atoms with van der Waals surface area (Å²) in [6, 6.07) is 7.28. The van der Waals surface area contributed by atoms with E-state index in [2.05, 4.69) is 5.32 Å². The molecule has 0 spiro atoms. The van der Waals surface area contributed by atoms with E-state index in [1.165, 1.54) is 18.4 Å². The molecule has 1 heterocycles. The highest BCUT2D eigenvalue weighted by atomic mass is 32.1. The number of esters is 1. The molecule has 30 heavy (non-hydrogen) atoms. The molecule has 160 valence electrons. The van der Waals surface area contributed by atoms with E-state index in [4.69, 9.17) is 9.47 Å². The summed E-state index contributed by atoms with van der Waals surface area (Å²) in [7, 11) is 2.87. The van der Waals surface area contributed by atoms with Gasteiger partial charge in [0.25, 0.3) is 0 Å². The number of carboxylic acids is 1. The maximum atomic E-state index is 12.9. The number of ether oxygens (including phenoxy) is 2. The molecule has 1 saturated carbocycles.